The third-order valence-electron chi connectivity index (χ3n) is 1.62. The Morgan fingerprint density at radius 3 is 2.50 bits per heavy atom. The fourth-order valence-electron chi connectivity index (χ4n) is 0.884. The summed E-state index contributed by atoms with van der Waals surface area (Å²) in [5.41, 5.74) is 0. The van der Waals surface area contributed by atoms with Crippen LogP contribution in [0.25, 0.3) is 0 Å². The number of amides is 1. The molecule has 2 N–H and O–H groups in total. The van der Waals surface area contributed by atoms with Gasteiger partial charge in [-0.25, -0.2) is 4.79 Å². The molecule has 0 bridgehead atoms. The van der Waals surface area contributed by atoms with Crippen LogP contribution in [-0.4, -0.2) is 36.2 Å². The highest BCUT2D eigenvalue weighted by Crippen LogP contribution is 1.91. The summed E-state index contributed by atoms with van der Waals surface area (Å²) in [6.07, 6.45) is 1.21. The lowest BCUT2D eigenvalue weighted by atomic mass is 10.2. The predicted octanol–water partition coefficient (Wildman–Crippen LogP) is 0.392. The summed E-state index contributed by atoms with van der Waals surface area (Å²) in [5, 5.41) is 11.0. The fraction of sp³-hybridized carbons (Fsp3) is 0.778. The van der Waals surface area contributed by atoms with Crippen LogP contribution in [-0.2, 0) is 14.3 Å². The summed E-state index contributed by atoms with van der Waals surface area (Å²) in [5.74, 6) is -1.40. The molecule has 0 aromatic heterocycles. The lowest BCUT2D eigenvalue weighted by molar-refractivity contribution is -0.142. The normalized spacial score (nSPS) is 12.1. The lowest BCUT2D eigenvalue weighted by Crippen LogP contribution is -2.42. The standard InChI is InChI=1S/C9H17NO4/c1-3-5-14-6-8(11)10-7(4-2)9(12)13/h7H,3-6H2,1-2H3,(H,10,11)(H,12,13)/t7-/m1/s1. The Labute approximate surface area is 83.4 Å². The maximum Gasteiger partial charge on any atom is 0.326 e. The molecule has 1 amide bonds. The van der Waals surface area contributed by atoms with Crippen molar-refractivity contribution in [2.75, 3.05) is 13.2 Å². The molecule has 0 rings (SSSR count). The number of carboxylic acids is 1. The van der Waals surface area contributed by atoms with E-state index < -0.39 is 12.0 Å². The minimum absolute atomic E-state index is 0.0718. The number of carbonyl (C=O) groups excluding carboxylic acids is 1. The first kappa shape index (κ1) is 12.9. The van der Waals surface area contributed by atoms with Crippen LogP contribution in [0, 0.1) is 0 Å². The van der Waals surface area contributed by atoms with E-state index in [1.807, 2.05) is 6.92 Å². The number of hydrogen-bond donors (Lipinski definition) is 2. The first-order chi connectivity index (χ1) is 6.61. The quantitative estimate of drug-likeness (QED) is 0.587. The van der Waals surface area contributed by atoms with Crippen LogP contribution < -0.4 is 5.32 Å². The third-order valence-corrected chi connectivity index (χ3v) is 1.62. The van der Waals surface area contributed by atoms with E-state index in [-0.39, 0.29) is 12.5 Å². The molecule has 0 aliphatic carbocycles. The maximum atomic E-state index is 11.1. The highest BCUT2D eigenvalue weighted by Gasteiger charge is 2.16. The second-order valence-corrected chi connectivity index (χ2v) is 2.92. The molecular weight excluding hydrogens is 186 g/mol. The average Bonchev–Trinajstić information content (AvgIpc) is 2.14. The Balaban J connectivity index is 3.74. The molecule has 0 aliphatic heterocycles. The van der Waals surface area contributed by atoms with Gasteiger partial charge in [-0.1, -0.05) is 13.8 Å². The molecule has 0 spiro atoms. The molecule has 0 heterocycles. The topological polar surface area (TPSA) is 75.6 Å². The summed E-state index contributed by atoms with van der Waals surface area (Å²) >= 11 is 0. The molecule has 5 nitrogen and oxygen atoms in total. The smallest absolute Gasteiger partial charge is 0.326 e. The van der Waals surface area contributed by atoms with Crippen LogP contribution in [0.2, 0.25) is 0 Å². The van der Waals surface area contributed by atoms with Crippen molar-refractivity contribution < 1.29 is 19.4 Å². The van der Waals surface area contributed by atoms with Crippen LogP contribution in [0.1, 0.15) is 26.7 Å². The average molecular weight is 203 g/mol. The first-order valence-corrected chi connectivity index (χ1v) is 4.71. The van der Waals surface area contributed by atoms with Gasteiger partial charge >= 0.3 is 5.97 Å². The van der Waals surface area contributed by atoms with Crippen molar-refractivity contribution in [3.8, 4) is 0 Å². The van der Waals surface area contributed by atoms with Crippen molar-refractivity contribution in [3.05, 3.63) is 0 Å². The van der Waals surface area contributed by atoms with Gasteiger partial charge in [-0.2, -0.15) is 0 Å². The Morgan fingerprint density at radius 1 is 1.43 bits per heavy atom. The van der Waals surface area contributed by atoms with E-state index in [1.54, 1.807) is 6.92 Å². The number of rotatable bonds is 7. The van der Waals surface area contributed by atoms with Crippen molar-refractivity contribution in [1.82, 2.24) is 5.32 Å². The Bertz CT molecular complexity index is 193. The van der Waals surface area contributed by atoms with Crippen molar-refractivity contribution in [3.63, 3.8) is 0 Å². The number of carboxylic acid groups (broad SMARTS) is 1. The van der Waals surface area contributed by atoms with Crippen LogP contribution in [0.4, 0.5) is 0 Å². The van der Waals surface area contributed by atoms with Crippen molar-refractivity contribution >= 4 is 11.9 Å². The highest BCUT2D eigenvalue weighted by atomic mass is 16.5. The van der Waals surface area contributed by atoms with Crippen LogP contribution in [0.15, 0.2) is 0 Å². The fourth-order valence-corrected chi connectivity index (χ4v) is 0.884. The zero-order chi connectivity index (χ0) is 11.0. The van der Waals surface area contributed by atoms with Crippen LogP contribution in [0.5, 0.6) is 0 Å². The molecule has 0 aromatic carbocycles. The van der Waals surface area contributed by atoms with E-state index in [2.05, 4.69) is 5.32 Å². The third kappa shape index (κ3) is 5.53. The zero-order valence-electron chi connectivity index (χ0n) is 8.58. The van der Waals surface area contributed by atoms with Crippen LogP contribution >= 0.6 is 0 Å². The van der Waals surface area contributed by atoms with E-state index in [0.29, 0.717) is 13.0 Å². The molecule has 0 unspecified atom stereocenters. The summed E-state index contributed by atoms with van der Waals surface area (Å²) < 4.78 is 4.96. The molecule has 0 aliphatic rings. The lowest BCUT2D eigenvalue weighted by Gasteiger charge is -2.11. The number of ether oxygens (including phenoxy) is 1. The number of aliphatic carboxylic acids is 1. The van der Waals surface area contributed by atoms with Gasteiger partial charge in [-0.3, -0.25) is 4.79 Å². The molecule has 0 saturated heterocycles. The minimum atomic E-state index is -1.02. The zero-order valence-corrected chi connectivity index (χ0v) is 8.58. The Kier molecular flexibility index (Phi) is 6.74. The number of hydrogen-bond acceptors (Lipinski definition) is 3. The van der Waals surface area contributed by atoms with Crippen molar-refractivity contribution in [2.24, 2.45) is 0 Å². The summed E-state index contributed by atoms with van der Waals surface area (Å²) in [7, 11) is 0. The maximum absolute atomic E-state index is 11.1. The second kappa shape index (κ2) is 7.32. The Morgan fingerprint density at radius 2 is 2.07 bits per heavy atom. The minimum Gasteiger partial charge on any atom is -0.480 e. The first-order valence-electron chi connectivity index (χ1n) is 4.71. The summed E-state index contributed by atoms with van der Waals surface area (Å²) in [4.78, 5) is 21.6. The molecule has 0 aromatic rings. The summed E-state index contributed by atoms with van der Waals surface area (Å²) in [6.45, 7) is 4.07. The molecule has 0 radical (unpaired) electrons. The predicted molar refractivity (Wildman–Crippen MR) is 51.0 cm³/mol. The molecule has 14 heavy (non-hydrogen) atoms. The number of carbonyl (C=O) groups is 2. The van der Waals surface area contributed by atoms with Gasteiger partial charge in [0.05, 0.1) is 0 Å². The van der Waals surface area contributed by atoms with E-state index in [9.17, 15) is 9.59 Å². The highest BCUT2D eigenvalue weighted by molar-refractivity contribution is 5.84. The van der Waals surface area contributed by atoms with Gasteiger partial charge in [0.1, 0.15) is 12.6 Å². The van der Waals surface area contributed by atoms with Crippen LogP contribution in [0.3, 0.4) is 0 Å². The van der Waals surface area contributed by atoms with Gasteiger partial charge in [0.2, 0.25) is 5.91 Å². The number of nitrogens with one attached hydrogen (secondary N) is 1. The van der Waals surface area contributed by atoms with Gasteiger partial charge in [0.15, 0.2) is 0 Å². The van der Waals surface area contributed by atoms with Crippen molar-refractivity contribution in [2.45, 2.75) is 32.7 Å². The second-order valence-electron chi connectivity index (χ2n) is 2.92. The van der Waals surface area contributed by atoms with Gasteiger partial charge in [-0.15, -0.1) is 0 Å². The van der Waals surface area contributed by atoms with Gasteiger partial charge < -0.3 is 15.2 Å². The molecule has 5 heteroatoms. The van der Waals surface area contributed by atoms with E-state index >= 15 is 0 Å². The molecule has 1 atom stereocenters. The molecule has 82 valence electrons. The Hall–Kier alpha value is -1.10. The van der Waals surface area contributed by atoms with E-state index in [0.717, 1.165) is 6.42 Å². The van der Waals surface area contributed by atoms with Crippen molar-refractivity contribution in [1.29, 1.82) is 0 Å². The van der Waals surface area contributed by atoms with Gasteiger partial charge in [-0.05, 0) is 12.8 Å². The molecule has 0 fully saturated rings. The molecular formula is C9H17NO4. The largest absolute Gasteiger partial charge is 0.480 e. The SMILES string of the molecule is CCCOCC(=O)N[C@H](CC)C(=O)O. The van der Waals surface area contributed by atoms with E-state index in [1.165, 1.54) is 0 Å². The summed E-state index contributed by atoms with van der Waals surface area (Å²) in [6, 6.07) is -0.812. The van der Waals surface area contributed by atoms with Gasteiger partial charge in [0, 0.05) is 6.61 Å². The van der Waals surface area contributed by atoms with E-state index in [4.69, 9.17) is 9.84 Å². The van der Waals surface area contributed by atoms with Gasteiger partial charge in [0.25, 0.3) is 0 Å². The monoisotopic (exact) mass is 203 g/mol. The molecule has 0 saturated carbocycles.